The SMILES string of the molecule is CC1CN(C(=O)C2(CN)CCOCC2)CC(c2ccsc2)O1. The van der Waals surface area contributed by atoms with E-state index in [1.807, 2.05) is 17.2 Å². The summed E-state index contributed by atoms with van der Waals surface area (Å²) in [4.78, 5) is 15.1. The van der Waals surface area contributed by atoms with Crippen molar-refractivity contribution in [2.45, 2.75) is 32.0 Å². The molecule has 0 aliphatic carbocycles. The molecule has 2 N–H and O–H groups in total. The highest BCUT2D eigenvalue weighted by Crippen LogP contribution is 2.34. The Balaban J connectivity index is 1.76. The van der Waals surface area contributed by atoms with Crippen molar-refractivity contribution in [1.29, 1.82) is 0 Å². The van der Waals surface area contributed by atoms with Gasteiger partial charge in [0.05, 0.1) is 18.1 Å². The summed E-state index contributed by atoms with van der Waals surface area (Å²) in [6.07, 6.45) is 1.44. The molecule has 0 radical (unpaired) electrons. The van der Waals surface area contributed by atoms with Gasteiger partial charge in [-0.1, -0.05) is 0 Å². The minimum atomic E-state index is -0.450. The van der Waals surface area contributed by atoms with Crippen molar-refractivity contribution in [1.82, 2.24) is 4.90 Å². The number of nitrogens with zero attached hydrogens (tertiary/aromatic N) is 1. The maximum absolute atomic E-state index is 13.1. The van der Waals surface area contributed by atoms with E-state index in [1.165, 1.54) is 0 Å². The molecular formula is C16H24N2O3S. The molecule has 0 saturated carbocycles. The summed E-state index contributed by atoms with van der Waals surface area (Å²) in [5.41, 5.74) is 6.68. The number of hydrogen-bond acceptors (Lipinski definition) is 5. The quantitative estimate of drug-likeness (QED) is 0.921. The number of amides is 1. The Morgan fingerprint density at radius 1 is 1.45 bits per heavy atom. The lowest BCUT2D eigenvalue weighted by molar-refractivity contribution is -0.159. The summed E-state index contributed by atoms with van der Waals surface area (Å²) >= 11 is 1.66. The number of ether oxygens (including phenoxy) is 2. The van der Waals surface area contributed by atoms with Crippen molar-refractivity contribution in [3.8, 4) is 0 Å². The van der Waals surface area contributed by atoms with Gasteiger partial charge in [-0.2, -0.15) is 11.3 Å². The van der Waals surface area contributed by atoms with Crippen LogP contribution >= 0.6 is 11.3 Å². The number of thiophene rings is 1. The highest BCUT2D eigenvalue weighted by Gasteiger charge is 2.43. The number of rotatable bonds is 3. The Kier molecular flexibility index (Phi) is 4.82. The fraction of sp³-hybridized carbons (Fsp3) is 0.688. The first-order valence-electron chi connectivity index (χ1n) is 7.89. The molecule has 2 aliphatic heterocycles. The van der Waals surface area contributed by atoms with Crippen LogP contribution in [0.5, 0.6) is 0 Å². The molecule has 1 amide bonds. The van der Waals surface area contributed by atoms with E-state index in [0.29, 0.717) is 32.8 Å². The second kappa shape index (κ2) is 6.66. The van der Waals surface area contributed by atoms with Gasteiger partial charge in [0.15, 0.2) is 0 Å². The Morgan fingerprint density at radius 2 is 2.23 bits per heavy atom. The van der Waals surface area contributed by atoms with Crippen molar-refractivity contribution in [2.75, 3.05) is 32.8 Å². The Labute approximate surface area is 135 Å². The van der Waals surface area contributed by atoms with Gasteiger partial charge in [-0.15, -0.1) is 0 Å². The van der Waals surface area contributed by atoms with Crippen molar-refractivity contribution in [3.05, 3.63) is 22.4 Å². The first-order valence-corrected chi connectivity index (χ1v) is 8.84. The molecule has 0 bridgehead atoms. The summed E-state index contributed by atoms with van der Waals surface area (Å²) < 4.78 is 11.4. The third kappa shape index (κ3) is 3.06. The fourth-order valence-corrected chi connectivity index (χ4v) is 4.06. The van der Waals surface area contributed by atoms with Gasteiger partial charge in [0.25, 0.3) is 0 Å². The summed E-state index contributed by atoms with van der Waals surface area (Å²) in [6.45, 7) is 4.92. The van der Waals surface area contributed by atoms with Gasteiger partial charge in [0, 0.05) is 26.3 Å². The fourth-order valence-electron chi connectivity index (χ4n) is 3.36. The minimum Gasteiger partial charge on any atom is -0.381 e. The first kappa shape index (κ1) is 15.9. The lowest BCUT2D eigenvalue weighted by atomic mass is 9.78. The van der Waals surface area contributed by atoms with Crippen LogP contribution in [-0.4, -0.2) is 49.8 Å². The molecule has 0 spiro atoms. The van der Waals surface area contributed by atoms with Crippen LogP contribution in [0.4, 0.5) is 0 Å². The van der Waals surface area contributed by atoms with Crippen LogP contribution in [0.1, 0.15) is 31.4 Å². The van der Waals surface area contributed by atoms with Gasteiger partial charge in [-0.25, -0.2) is 0 Å². The first-order chi connectivity index (χ1) is 10.6. The summed E-state index contributed by atoms with van der Waals surface area (Å²) in [5, 5.41) is 4.14. The van der Waals surface area contributed by atoms with Crippen molar-refractivity contribution >= 4 is 17.2 Å². The third-order valence-corrected chi connectivity index (χ3v) is 5.46. The number of morpholine rings is 1. The zero-order valence-corrected chi connectivity index (χ0v) is 13.8. The number of hydrogen-bond donors (Lipinski definition) is 1. The second-order valence-corrected chi connectivity index (χ2v) is 7.08. The topological polar surface area (TPSA) is 64.8 Å². The van der Waals surface area contributed by atoms with Crippen LogP contribution in [0.3, 0.4) is 0 Å². The van der Waals surface area contributed by atoms with Gasteiger partial charge in [0.2, 0.25) is 5.91 Å². The zero-order chi connectivity index (χ0) is 15.6. The molecule has 2 saturated heterocycles. The maximum atomic E-state index is 13.1. The van der Waals surface area contributed by atoms with Crippen LogP contribution in [-0.2, 0) is 14.3 Å². The van der Waals surface area contributed by atoms with Crippen LogP contribution in [0, 0.1) is 5.41 Å². The average Bonchev–Trinajstić information content (AvgIpc) is 3.09. The van der Waals surface area contributed by atoms with E-state index in [2.05, 4.69) is 11.4 Å². The molecule has 1 aromatic heterocycles. The van der Waals surface area contributed by atoms with Crippen molar-refractivity contribution in [2.24, 2.45) is 11.1 Å². The molecule has 2 atom stereocenters. The van der Waals surface area contributed by atoms with E-state index in [0.717, 1.165) is 18.4 Å². The standard InChI is InChI=1S/C16H24N2O3S/c1-12-8-18(9-14(21-12)13-2-7-22-10-13)15(19)16(11-17)3-5-20-6-4-16/h2,7,10,12,14H,3-6,8-9,11,17H2,1H3. The predicted molar refractivity (Wildman–Crippen MR) is 85.7 cm³/mol. The molecular weight excluding hydrogens is 300 g/mol. The summed E-state index contributed by atoms with van der Waals surface area (Å²) in [5.74, 6) is 0.175. The van der Waals surface area contributed by atoms with Gasteiger partial charge in [0.1, 0.15) is 6.10 Å². The van der Waals surface area contributed by atoms with Gasteiger partial charge < -0.3 is 20.1 Å². The number of carbonyl (C=O) groups excluding carboxylic acids is 1. The molecule has 3 rings (SSSR count). The van der Waals surface area contributed by atoms with Crippen LogP contribution in [0.15, 0.2) is 16.8 Å². The smallest absolute Gasteiger partial charge is 0.230 e. The highest BCUT2D eigenvalue weighted by molar-refractivity contribution is 7.07. The third-order valence-electron chi connectivity index (χ3n) is 4.76. The van der Waals surface area contributed by atoms with E-state index in [9.17, 15) is 4.79 Å². The number of nitrogens with two attached hydrogens (primary N) is 1. The lowest BCUT2D eigenvalue weighted by Crippen LogP contribution is -2.55. The van der Waals surface area contributed by atoms with E-state index >= 15 is 0 Å². The molecule has 3 heterocycles. The lowest BCUT2D eigenvalue weighted by Gasteiger charge is -2.43. The number of carbonyl (C=O) groups is 1. The highest BCUT2D eigenvalue weighted by atomic mass is 32.1. The van der Waals surface area contributed by atoms with Crippen LogP contribution in [0.25, 0.3) is 0 Å². The largest absolute Gasteiger partial charge is 0.381 e. The van der Waals surface area contributed by atoms with E-state index < -0.39 is 5.41 Å². The molecule has 22 heavy (non-hydrogen) atoms. The molecule has 2 unspecified atom stereocenters. The summed E-state index contributed by atoms with van der Waals surface area (Å²) in [7, 11) is 0. The minimum absolute atomic E-state index is 0.0337. The Morgan fingerprint density at radius 3 is 2.86 bits per heavy atom. The normalized spacial score (nSPS) is 28.5. The second-order valence-electron chi connectivity index (χ2n) is 6.30. The van der Waals surface area contributed by atoms with Gasteiger partial charge >= 0.3 is 0 Å². The molecule has 5 nitrogen and oxygen atoms in total. The van der Waals surface area contributed by atoms with E-state index in [-0.39, 0.29) is 18.1 Å². The monoisotopic (exact) mass is 324 g/mol. The van der Waals surface area contributed by atoms with Gasteiger partial charge in [-0.05, 0) is 42.2 Å². The Bertz CT molecular complexity index is 499. The van der Waals surface area contributed by atoms with Crippen molar-refractivity contribution in [3.63, 3.8) is 0 Å². The predicted octanol–water partition coefficient (Wildman–Crippen LogP) is 1.79. The molecule has 6 heteroatoms. The average molecular weight is 324 g/mol. The maximum Gasteiger partial charge on any atom is 0.230 e. The zero-order valence-electron chi connectivity index (χ0n) is 13.0. The van der Waals surface area contributed by atoms with E-state index in [1.54, 1.807) is 11.3 Å². The molecule has 2 fully saturated rings. The van der Waals surface area contributed by atoms with Crippen LogP contribution < -0.4 is 5.73 Å². The van der Waals surface area contributed by atoms with E-state index in [4.69, 9.17) is 15.2 Å². The van der Waals surface area contributed by atoms with Gasteiger partial charge in [-0.3, -0.25) is 4.79 Å². The molecule has 122 valence electrons. The molecule has 0 aromatic carbocycles. The molecule has 1 aromatic rings. The molecule has 2 aliphatic rings. The van der Waals surface area contributed by atoms with Crippen molar-refractivity contribution < 1.29 is 14.3 Å². The Hall–Kier alpha value is -0.950. The summed E-state index contributed by atoms with van der Waals surface area (Å²) in [6, 6.07) is 2.07. The van der Waals surface area contributed by atoms with Crippen LogP contribution in [0.2, 0.25) is 0 Å².